The molecule has 2 rings (SSSR count). The molecule has 0 aliphatic heterocycles. The van der Waals surface area contributed by atoms with Crippen molar-refractivity contribution in [1.29, 1.82) is 5.26 Å². The van der Waals surface area contributed by atoms with Crippen LogP contribution in [0.25, 0.3) is 0 Å². The molecule has 0 aliphatic rings. The van der Waals surface area contributed by atoms with Gasteiger partial charge in [-0.1, -0.05) is 36.4 Å². The Bertz CT molecular complexity index is 921. The third kappa shape index (κ3) is 3.36. The molecule has 2 aromatic rings. The smallest absolute Gasteiger partial charge is 0.183 e. The van der Waals surface area contributed by atoms with Crippen LogP contribution >= 0.6 is 0 Å². The molecule has 0 saturated carbocycles. The fourth-order valence-electron chi connectivity index (χ4n) is 1.80. The van der Waals surface area contributed by atoms with E-state index in [2.05, 4.69) is 0 Å². The van der Waals surface area contributed by atoms with Crippen molar-refractivity contribution >= 4 is 24.5 Å². The van der Waals surface area contributed by atoms with Crippen LogP contribution in [0.4, 0.5) is 0 Å². The highest BCUT2D eigenvalue weighted by atomic mass is 32.2. The van der Waals surface area contributed by atoms with Gasteiger partial charge < -0.3 is 4.55 Å². The van der Waals surface area contributed by atoms with E-state index in [0.29, 0.717) is 0 Å². The van der Waals surface area contributed by atoms with Crippen LogP contribution in [0.5, 0.6) is 0 Å². The van der Waals surface area contributed by atoms with Gasteiger partial charge in [-0.15, -0.1) is 0 Å². The SMILES string of the molecule is N#CC(CS(=O)(=O)c1ccccc1)=S(=O)(O)c1ccccc1. The quantitative estimate of drug-likeness (QED) is 0.862. The van der Waals surface area contributed by atoms with Gasteiger partial charge >= 0.3 is 0 Å². The standard InChI is InChI=1S/C15H13NO4S2/c16-11-15(22(19,20)14-9-5-2-6-10-14)12-21(17,18)13-7-3-1-4-8-13/h1-10H,12H2,(H,19,20). The second-order valence-electron chi connectivity index (χ2n) is 4.45. The Labute approximate surface area is 129 Å². The van der Waals surface area contributed by atoms with Crippen molar-refractivity contribution < 1.29 is 17.2 Å². The molecule has 22 heavy (non-hydrogen) atoms. The van der Waals surface area contributed by atoms with Gasteiger partial charge in [-0.3, -0.25) is 0 Å². The van der Waals surface area contributed by atoms with Crippen LogP contribution in [-0.2, 0) is 19.6 Å². The lowest BCUT2D eigenvalue weighted by molar-refractivity contribution is 0.559. The van der Waals surface area contributed by atoms with Crippen molar-refractivity contribution in [2.75, 3.05) is 5.75 Å². The molecular formula is C15H13NO4S2. The summed E-state index contributed by atoms with van der Waals surface area (Å²) in [5, 5.41) is 9.14. The summed E-state index contributed by atoms with van der Waals surface area (Å²) in [6.07, 6.45) is 0. The minimum Gasteiger partial charge on any atom is -0.309 e. The van der Waals surface area contributed by atoms with Gasteiger partial charge in [-0.05, 0) is 24.3 Å². The number of hydrogen-bond donors (Lipinski definition) is 1. The lowest BCUT2D eigenvalue weighted by Crippen LogP contribution is -2.22. The van der Waals surface area contributed by atoms with Gasteiger partial charge in [0.15, 0.2) is 9.84 Å². The average molecular weight is 335 g/mol. The molecule has 0 spiro atoms. The maximum absolute atomic E-state index is 12.5. The number of benzene rings is 2. The van der Waals surface area contributed by atoms with Gasteiger partial charge in [0.2, 0.25) is 0 Å². The summed E-state index contributed by atoms with van der Waals surface area (Å²) < 4.78 is 47.2. The summed E-state index contributed by atoms with van der Waals surface area (Å²) in [5.74, 6) is -0.794. The predicted octanol–water partition coefficient (Wildman–Crippen LogP) is 1.97. The Morgan fingerprint density at radius 3 is 1.82 bits per heavy atom. The highest BCUT2D eigenvalue weighted by molar-refractivity contribution is 8.00. The van der Waals surface area contributed by atoms with Gasteiger partial charge in [-0.2, -0.15) is 5.26 Å². The Kier molecular flexibility index (Phi) is 4.66. The Hall–Kier alpha value is -2.14. The van der Waals surface area contributed by atoms with Crippen molar-refractivity contribution in [1.82, 2.24) is 0 Å². The van der Waals surface area contributed by atoms with Crippen LogP contribution in [0, 0.1) is 11.3 Å². The van der Waals surface area contributed by atoms with E-state index in [1.165, 1.54) is 24.3 Å². The number of sulfone groups is 1. The van der Waals surface area contributed by atoms with E-state index in [0.717, 1.165) is 0 Å². The molecule has 2 aromatic carbocycles. The molecule has 0 bridgehead atoms. The number of nitriles is 1. The monoisotopic (exact) mass is 335 g/mol. The van der Waals surface area contributed by atoms with Crippen LogP contribution in [0.1, 0.15) is 0 Å². The third-order valence-electron chi connectivity index (χ3n) is 2.94. The van der Waals surface area contributed by atoms with Gasteiger partial charge in [0, 0.05) is 0 Å². The van der Waals surface area contributed by atoms with Crippen molar-refractivity contribution in [3.8, 4) is 6.07 Å². The number of rotatable bonds is 4. The maximum atomic E-state index is 12.5. The van der Waals surface area contributed by atoms with Crippen molar-refractivity contribution in [2.24, 2.45) is 0 Å². The summed E-state index contributed by atoms with van der Waals surface area (Å²) in [6, 6.07) is 16.6. The van der Waals surface area contributed by atoms with Crippen LogP contribution in [0.15, 0.2) is 70.5 Å². The molecule has 0 aromatic heterocycles. The van der Waals surface area contributed by atoms with Crippen molar-refractivity contribution in [2.45, 2.75) is 9.79 Å². The maximum Gasteiger partial charge on any atom is 0.183 e. The van der Waals surface area contributed by atoms with E-state index in [9.17, 15) is 17.2 Å². The van der Waals surface area contributed by atoms with Gasteiger partial charge in [0.25, 0.3) is 0 Å². The summed E-state index contributed by atoms with van der Waals surface area (Å²) in [5.41, 5.74) is 0. The zero-order valence-corrected chi connectivity index (χ0v) is 13.0. The molecular weight excluding hydrogens is 322 g/mol. The fraction of sp³-hybridized carbons (Fsp3) is 0.0667. The van der Waals surface area contributed by atoms with Crippen LogP contribution in [0.3, 0.4) is 0 Å². The zero-order valence-electron chi connectivity index (χ0n) is 11.4. The molecule has 0 amide bonds. The third-order valence-corrected chi connectivity index (χ3v) is 6.60. The van der Waals surface area contributed by atoms with E-state index in [4.69, 9.17) is 5.26 Å². The van der Waals surface area contributed by atoms with Gasteiger partial charge in [0.05, 0.1) is 9.79 Å². The predicted molar refractivity (Wildman–Crippen MR) is 84.6 cm³/mol. The normalized spacial score (nSPS) is 13.8. The Morgan fingerprint density at radius 1 is 0.909 bits per heavy atom. The molecule has 1 unspecified atom stereocenters. The molecule has 114 valence electrons. The van der Waals surface area contributed by atoms with E-state index in [1.807, 2.05) is 0 Å². The van der Waals surface area contributed by atoms with Crippen LogP contribution < -0.4 is 0 Å². The van der Waals surface area contributed by atoms with E-state index >= 15 is 0 Å². The van der Waals surface area contributed by atoms with E-state index in [-0.39, 0.29) is 9.79 Å². The highest BCUT2D eigenvalue weighted by Gasteiger charge is 2.23. The molecule has 5 nitrogen and oxygen atoms in total. The molecule has 0 saturated heterocycles. The molecule has 0 fully saturated rings. The largest absolute Gasteiger partial charge is 0.309 e. The first-order chi connectivity index (χ1) is 10.4. The zero-order chi connectivity index (χ0) is 16.2. The molecule has 1 atom stereocenters. The van der Waals surface area contributed by atoms with Crippen molar-refractivity contribution in [3.63, 3.8) is 0 Å². The first-order valence-corrected chi connectivity index (χ1v) is 9.40. The van der Waals surface area contributed by atoms with E-state index in [1.54, 1.807) is 42.5 Å². The molecule has 0 heterocycles. The number of nitrogens with zero attached hydrogens (tertiary/aromatic N) is 1. The highest BCUT2D eigenvalue weighted by Crippen LogP contribution is 2.15. The van der Waals surface area contributed by atoms with Crippen LogP contribution in [-0.4, -0.2) is 27.8 Å². The minimum absolute atomic E-state index is 0.00557. The molecule has 0 aliphatic carbocycles. The lowest BCUT2D eigenvalue weighted by atomic mass is 10.4. The Morgan fingerprint density at radius 2 is 1.36 bits per heavy atom. The van der Waals surface area contributed by atoms with E-state index < -0.39 is 30.3 Å². The summed E-state index contributed by atoms with van der Waals surface area (Å²) in [7, 11) is -7.73. The second-order valence-corrected chi connectivity index (χ2v) is 8.45. The second kappa shape index (κ2) is 6.32. The fourth-order valence-corrected chi connectivity index (χ4v) is 4.99. The summed E-state index contributed by atoms with van der Waals surface area (Å²) in [4.78, 5) is -0.566. The average Bonchev–Trinajstić information content (AvgIpc) is 2.54. The minimum atomic E-state index is -3.87. The molecule has 7 heteroatoms. The van der Waals surface area contributed by atoms with Crippen molar-refractivity contribution in [3.05, 3.63) is 60.7 Å². The van der Waals surface area contributed by atoms with Crippen LogP contribution in [0.2, 0.25) is 0 Å². The summed E-state index contributed by atoms with van der Waals surface area (Å²) >= 11 is 0. The lowest BCUT2D eigenvalue weighted by Gasteiger charge is -2.08. The Balaban J connectivity index is 2.53. The first-order valence-electron chi connectivity index (χ1n) is 6.23. The topological polar surface area (TPSA) is 95.2 Å². The first kappa shape index (κ1) is 16.2. The molecule has 1 N–H and O–H groups in total. The molecule has 0 radical (unpaired) electrons. The van der Waals surface area contributed by atoms with Gasteiger partial charge in [0.1, 0.15) is 26.5 Å². The number of hydrogen-bond acceptors (Lipinski definition) is 4. The summed E-state index contributed by atoms with van der Waals surface area (Å²) in [6.45, 7) is 0. The van der Waals surface area contributed by atoms with Gasteiger partial charge in [-0.25, -0.2) is 12.6 Å².